The molecule has 7 nitrogen and oxygen atoms in total. The zero-order chi connectivity index (χ0) is 14.1. The van der Waals surface area contributed by atoms with Crippen LogP contribution >= 0.6 is 0 Å². The zero-order valence-electron chi connectivity index (χ0n) is 10.4. The lowest BCUT2D eigenvalue weighted by Gasteiger charge is -2.25. The van der Waals surface area contributed by atoms with Gasteiger partial charge in [0.25, 0.3) is 0 Å². The van der Waals surface area contributed by atoms with Crippen molar-refractivity contribution in [3.05, 3.63) is 18.3 Å². The summed E-state index contributed by atoms with van der Waals surface area (Å²) in [5.74, 6) is 0.308. The molecule has 1 saturated heterocycles. The van der Waals surface area contributed by atoms with Crippen LogP contribution in [0.3, 0.4) is 0 Å². The number of hydrogen-bond acceptors (Lipinski definition) is 6. The largest absolute Gasteiger partial charge is 0.373 e. The number of sulfone groups is 1. The van der Waals surface area contributed by atoms with Gasteiger partial charge in [-0.2, -0.15) is 4.31 Å². The second-order valence-corrected chi connectivity index (χ2v) is 8.43. The second-order valence-electron chi connectivity index (χ2n) is 4.19. The molecule has 1 N–H and O–H groups in total. The monoisotopic (exact) mass is 305 g/mol. The Hall–Kier alpha value is -1.19. The molecule has 0 unspecified atom stereocenters. The Kier molecular flexibility index (Phi) is 3.79. The Balaban J connectivity index is 2.22. The summed E-state index contributed by atoms with van der Waals surface area (Å²) < 4.78 is 48.3. The van der Waals surface area contributed by atoms with Crippen molar-refractivity contribution in [1.29, 1.82) is 0 Å². The van der Waals surface area contributed by atoms with Gasteiger partial charge in [-0.1, -0.05) is 0 Å². The van der Waals surface area contributed by atoms with E-state index in [2.05, 4.69) is 10.3 Å². The van der Waals surface area contributed by atoms with Crippen LogP contribution in [0, 0.1) is 0 Å². The lowest BCUT2D eigenvalue weighted by molar-refractivity contribution is 0.430. The van der Waals surface area contributed by atoms with Gasteiger partial charge >= 0.3 is 0 Å². The first kappa shape index (κ1) is 14.2. The molecule has 0 spiro atoms. The number of pyridine rings is 1. The topological polar surface area (TPSA) is 96.4 Å². The van der Waals surface area contributed by atoms with Crippen LogP contribution in [0.4, 0.5) is 5.82 Å². The molecule has 0 aliphatic carbocycles. The molecule has 1 aromatic rings. The maximum atomic E-state index is 12.3. The number of nitrogens with zero attached hydrogens (tertiary/aromatic N) is 2. The third-order valence-electron chi connectivity index (χ3n) is 2.93. The van der Waals surface area contributed by atoms with Crippen LogP contribution in [0.25, 0.3) is 0 Å². The highest BCUT2D eigenvalue weighted by atomic mass is 32.2. The van der Waals surface area contributed by atoms with E-state index in [9.17, 15) is 16.8 Å². The molecule has 0 saturated carbocycles. The quantitative estimate of drug-likeness (QED) is 0.812. The SMILES string of the molecule is CNc1ccc(S(=O)(=O)N2CCS(=O)(=O)CC2)cn1. The molecule has 106 valence electrons. The molecular formula is C10H15N3O4S2. The van der Waals surface area contributed by atoms with E-state index < -0.39 is 19.9 Å². The van der Waals surface area contributed by atoms with Gasteiger partial charge in [-0.15, -0.1) is 0 Å². The van der Waals surface area contributed by atoms with E-state index in [0.29, 0.717) is 5.82 Å². The molecule has 0 bridgehead atoms. The van der Waals surface area contributed by atoms with E-state index in [-0.39, 0.29) is 29.5 Å². The molecule has 1 aliphatic rings. The second kappa shape index (κ2) is 5.06. The van der Waals surface area contributed by atoms with Gasteiger partial charge in [-0.25, -0.2) is 21.8 Å². The number of hydrogen-bond donors (Lipinski definition) is 1. The number of anilines is 1. The predicted octanol–water partition coefficient (Wildman–Crippen LogP) is -0.458. The van der Waals surface area contributed by atoms with Gasteiger partial charge in [-0.05, 0) is 12.1 Å². The third kappa shape index (κ3) is 3.04. The van der Waals surface area contributed by atoms with Gasteiger partial charge in [0.2, 0.25) is 10.0 Å². The summed E-state index contributed by atoms with van der Waals surface area (Å²) in [6, 6.07) is 3.02. The van der Waals surface area contributed by atoms with Crippen LogP contribution in [0.5, 0.6) is 0 Å². The maximum absolute atomic E-state index is 12.3. The molecule has 1 aromatic heterocycles. The highest BCUT2D eigenvalue weighted by molar-refractivity contribution is 7.92. The van der Waals surface area contributed by atoms with Gasteiger partial charge in [0.1, 0.15) is 10.7 Å². The van der Waals surface area contributed by atoms with Crippen molar-refractivity contribution in [3.63, 3.8) is 0 Å². The first-order valence-electron chi connectivity index (χ1n) is 5.69. The van der Waals surface area contributed by atoms with E-state index in [1.165, 1.54) is 16.6 Å². The summed E-state index contributed by atoms with van der Waals surface area (Å²) >= 11 is 0. The third-order valence-corrected chi connectivity index (χ3v) is 6.43. The van der Waals surface area contributed by atoms with Crippen LogP contribution in [0.2, 0.25) is 0 Å². The summed E-state index contributed by atoms with van der Waals surface area (Å²) in [6.07, 6.45) is 1.27. The molecule has 0 radical (unpaired) electrons. The maximum Gasteiger partial charge on any atom is 0.244 e. The summed E-state index contributed by atoms with van der Waals surface area (Å²) in [5.41, 5.74) is 0. The smallest absolute Gasteiger partial charge is 0.244 e. The van der Waals surface area contributed by atoms with E-state index in [1.54, 1.807) is 13.1 Å². The summed E-state index contributed by atoms with van der Waals surface area (Å²) in [4.78, 5) is 4.03. The normalized spacial score (nSPS) is 20.1. The highest BCUT2D eigenvalue weighted by Crippen LogP contribution is 2.18. The van der Waals surface area contributed by atoms with E-state index in [4.69, 9.17) is 0 Å². The van der Waals surface area contributed by atoms with Crippen molar-refractivity contribution in [3.8, 4) is 0 Å². The zero-order valence-corrected chi connectivity index (χ0v) is 12.0. The first-order chi connectivity index (χ1) is 8.85. The lowest BCUT2D eigenvalue weighted by atomic mass is 10.5. The number of aromatic nitrogens is 1. The van der Waals surface area contributed by atoms with Gasteiger partial charge in [-0.3, -0.25) is 0 Å². The van der Waals surface area contributed by atoms with E-state index >= 15 is 0 Å². The van der Waals surface area contributed by atoms with Crippen molar-refractivity contribution >= 4 is 25.7 Å². The summed E-state index contributed by atoms with van der Waals surface area (Å²) in [5, 5.41) is 2.80. The number of nitrogens with one attached hydrogen (secondary N) is 1. The average Bonchev–Trinajstić information content (AvgIpc) is 2.38. The first-order valence-corrected chi connectivity index (χ1v) is 8.96. The Morgan fingerprint density at radius 1 is 1.26 bits per heavy atom. The van der Waals surface area contributed by atoms with Crippen molar-refractivity contribution in [1.82, 2.24) is 9.29 Å². The highest BCUT2D eigenvalue weighted by Gasteiger charge is 2.31. The molecule has 0 amide bonds. The van der Waals surface area contributed by atoms with Crippen LogP contribution in [0.15, 0.2) is 23.2 Å². The predicted molar refractivity (Wildman–Crippen MR) is 71.2 cm³/mol. The summed E-state index contributed by atoms with van der Waals surface area (Å²) in [7, 11) is -5.07. The van der Waals surface area contributed by atoms with Crippen LogP contribution in [-0.4, -0.2) is 57.8 Å². The fourth-order valence-electron chi connectivity index (χ4n) is 1.77. The fraction of sp³-hybridized carbons (Fsp3) is 0.500. The Labute approximate surface area is 112 Å². The van der Waals surface area contributed by atoms with Gasteiger partial charge < -0.3 is 5.32 Å². The lowest BCUT2D eigenvalue weighted by Crippen LogP contribution is -2.43. The summed E-state index contributed by atoms with van der Waals surface area (Å²) in [6.45, 7) is -0.00308. The number of sulfonamides is 1. The molecule has 19 heavy (non-hydrogen) atoms. The minimum Gasteiger partial charge on any atom is -0.373 e. The Morgan fingerprint density at radius 3 is 2.37 bits per heavy atom. The minimum atomic E-state index is -3.66. The van der Waals surface area contributed by atoms with Gasteiger partial charge in [0.15, 0.2) is 9.84 Å². The average molecular weight is 305 g/mol. The fourth-order valence-corrected chi connectivity index (χ4v) is 4.59. The molecule has 2 rings (SSSR count). The van der Waals surface area contributed by atoms with Crippen LogP contribution < -0.4 is 5.32 Å². The minimum absolute atomic E-state index is 0.00154. The standard InChI is InChI=1S/C10H15N3O4S2/c1-11-10-3-2-9(8-12-10)19(16,17)13-4-6-18(14,15)7-5-13/h2-3,8H,4-7H2,1H3,(H,11,12). The molecule has 9 heteroatoms. The number of rotatable bonds is 3. The molecule has 1 aliphatic heterocycles. The molecule has 1 fully saturated rings. The Bertz CT molecular complexity index is 639. The van der Waals surface area contributed by atoms with E-state index in [0.717, 1.165) is 0 Å². The van der Waals surface area contributed by atoms with Crippen molar-refractivity contribution in [2.75, 3.05) is 37.0 Å². The molecule has 2 heterocycles. The van der Waals surface area contributed by atoms with Crippen LogP contribution in [-0.2, 0) is 19.9 Å². The Morgan fingerprint density at radius 2 is 1.89 bits per heavy atom. The molecule has 0 atom stereocenters. The van der Waals surface area contributed by atoms with Crippen molar-refractivity contribution in [2.24, 2.45) is 0 Å². The van der Waals surface area contributed by atoms with Crippen LogP contribution in [0.1, 0.15) is 0 Å². The van der Waals surface area contributed by atoms with Crippen molar-refractivity contribution < 1.29 is 16.8 Å². The van der Waals surface area contributed by atoms with E-state index in [1.807, 2.05) is 0 Å². The molecule has 0 aromatic carbocycles. The van der Waals surface area contributed by atoms with Gasteiger partial charge in [0.05, 0.1) is 11.5 Å². The van der Waals surface area contributed by atoms with Crippen molar-refractivity contribution in [2.45, 2.75) is 4.90 Å². The van der Waals surface area contributed by atoms with Gasteiger partial charge in [0, 0.05) is 26.3 Å². The molecular weight excluding hydrogens is 290 g/mol.